The van der Waals surface area contributed by atoms with Crippen molar-refractivity contribution in [1.82, 2.24) is 24.6 Å². The monoisotopic (exact) mass is 442 g/mol. The molecular formula is C25H26N6O2. The quantitative estimate of drug-likeness (QED) is 0.484. The van der Waals surface area contributed by atoms with Gasteiger partial charge in [-0.05, 0) is 49.2 Å². The van der Waals surface area contributed by atoms with E-state index >= 15 is 0 Å². The predicted molar refractivity (Wildman–Crippen MR) is 126 cm³/mol. The summed E-state index contributed by atoms with van der Waals surface area (Å²) in [5.41, 5.74) is 8.81. The Morgan fingerprint density at radius 2 is 1.79 bits per heavy atom. The molecule has 0 bridgehead atoms. The molecule has 0 radical (unpaired) electrons. The lowest BCUT2D eigenvalue weighted by atomic mass is 10.1. The molecule has 0 saturated carbocycles. The lowest BCUT2D eigenvalue weighted by Crippen LogP contribution is -2.50. The molecule has 4 aromatic rings. The summed E-state index contributed by atoms with van der Waals surface area (Å²) in [6.45, 7) is 3.75. The van der Waals surface area contributed by atoms with Crippen LogP contribution in [0.4, 0.5) is 5.82 Å². The summed E-state index contributed by atoms with van der Waals surface area (Å²) in [7, 11) is 0. The molecule has 6 rings (SSSR count). The van der Waals surface area contributed by atoms with Crippen molar-refractivity contribution < 1.29 is 9.47 Å². The number of anilines is 1. The van der Waals surface area contributed by atoms with Crippen molar-refractivity contribution in [1.29, 1.82) is 0 Å². The number of ether oxygens (including phenoxy) is 2. The first kappa shape index (κ1) is 20.1. The normalized spacial score (nSPS) is 19.1. The number of hydrogen-bond acceptors (Lipinski definition) is 7. The van der Waals surface area contributed by atoms with Gasteiger partial charge in [0.25, 0.3) is 0 Å². The number of aromatic nitrogens is 4. The molecule has 33 heavy (non-hydrogen) atoms. The topological polar surface area (TPSA) is 91.3 Å². The van der Waals surface area contributed by atoms with Gasteiger partial charge in [-0.2, -0.15) is 5.10 Å². The molecular weight excluding hydrogens is 416 g/mol. The molecule has 2 aromatic heterocycles. The maximum absolute atomic E-state index is 6.28. The van der Waals surface area contributed by atoms with Crippen molar-refractivity contribution in [2.75, 3.05) is 32.0 Å². The summed E-state index contributed by atoms with van der Waals surface area (Å²) >= 11 is 0. The summed E-state index contributed by atoms with van der Waals surface area (Å²) in [5.74, 6) is 2.01. The number of fused-ring (bicyclic) bond motifs is 1. The fourth-order valence-electron chi connectivity index (χ4n) is 4.68. The van der Waals surface area contributed by atoms with Gasteiger partial charge in [0.15, 0.2) is 5.65 Å². The summed E-state index contributed by atoms with van der Waals surface area (Å²) in [5, 5.41) is 5.76. The largest absolute Gasteiger partial charge is 0.457 e. The molecule has 0 spiro atoms. The van der Waals surface area contributed by atoms with Crippen LogP contribution in [0, 0.1) is 0 Å². The van der Waals surface area contributed by atoms with Gasteiger partial charge in [0, 0.05) is 31.8 Å². The van der Waals surface area contributed by atoms with Crippen LogP contribution in [-0.2, 0) is 4.74 Å². The summed E-state index contributed by atoms with van der Waals surface area (Å²) in [4.78, 5) is 11.2. The van der Waals surface area contributed by atoms with Crippen LogP contribution in [0.5, 0.6) is 11.5 Å². The molecule has 0 amide bonds. The Morgan fingerprint density at radius 3 is 2.55 bits per heavy atom. The fraction of sp³-hybridized carbons (Fsp3) is 0.320. The van der Waals surface area contributed by atoms with Crippen LogP contribution in [0.1, 0.15) is 18.9 Å². The lowest BCUT2D eigenvalue weighted by molar-refractivity contribution is 0.0257. The van der Waals surface area contributed by atoms with Gasteiger partial charge in [-0.25, -0.2) is 14.6 Å². The van der Waals surface area contributed by atoms with Crippen molar-refractivity contribution in [3.63, 3.8) is 0 Å². The standard InChI is InChI=1S/C25H26N6O2/c26-24-22-23(17-8-10-20(11-9-17)33-19-5-2-1-3-6-19)29-31(25(22)28-16-27-24)18-13-30(14-18)15-21-7-4-12-32-21/h1-3,5-6,8-11,16,18,21H,4,7,12-15H2,(H2,26,27,28). The third-order valence-corrected chi connectivity index (χ3v) is 6.39. The van der Waals surface area contributed by atoms with E-state index in [0.717, 1.165) is 66.5 Å². The van der Waals surface area contributed by atoms with E-state index in [1.54, 1.807) is 0 Å². The van der Waals surface area contributed by atoms with Gasteiger partial charge in [0.2, 0.25) is 0 Å². The van der Waals surface area contributed by atoms with Gasteiger partial charge in [-0.3, -0.25) is 4.90 Å². The first-order valence-electron chi connectivity index (χ1n) is 11.4. The highest BCUT2D eigenvalue weighted by molar-refractivity contribution is 5.98. The molecule has 1 unspecified atom stereocenters. The number of nitrogen functional groups attached to an aromatic ring is 1. The second-order valence-electron chi connectivity index (χ2n) is 8.70. The first-order chi connectivity index (χ1) is 16.2. The van der Waals surface area contributed by atoms with Crippen LogP contribution in [0.15, 0.2) is 60.9 Å². The second-order valence-corrected chi connectivity index (χ2v) is 8.70. The van der Waals surface area contributed by atoms with Crippen LogP contribution in [0.25, 0.3) is 22.3 Å². The van der Waals surface area contributed by atoms with Crippen molar-refractivity contribution in [3.8, 4) is 22.8 Å². The minimum atomic E-state index is 0.262. The SMILES string of the molecule is Nc1ncnc2c1c(-c1ccc(Oc3ccccc3)cc1)nn2C1CN(CC2CCCO2)C1. The van der Waals surface area contributed by atoms with Crippen LogP contribution in [0.2, 0.25) is 0 Å². The molecule has 1 atom stereocenters. The summed E-state index contributed by atoms with van der Waals surface area (Å²) < 4.78 is 13.7. The Hall–Kier alpha value is -3.49. The zero-order valence-electron chi connectivity index (χ0n) is 18.3. The van der Waals surface area contributed by atoms with E-state index in [1.165, 1.54) is 12.7 Å². The van der Waals surface area contributed by atoms with Crippen LogP contribution >= 0.6 is 0 Å². The Bertz CT molecular complexity index is 1250. The number of nitrogens with zero attached hydrogens (tertiary/aromatic N) is 5. The van der Waals surface area contributed by atoms with E-state index in [1.807, 2.05) is 59.3 Å². The van der Waals surface area contributed by atoms with Gasteiger partial charge < -0.3 is 15.2 Å². The zero-order chi connectivity index (χ0) is 22.2. The van der Waals surface area contributed by atoms with Crippen LogP contribution < -0.4 is 10.5 Å². The number of nitrogens with two attached hydrogens (primary N) is 1. The highest BCUT2D eigenvalue weighted by atomic mass is 16.5. The predicted octanol–water partition coefficient (Wildman–Crippen LogP) is 3.90. The molecule has 168 valence electrons. The molecule has 2 aliphatic rings. The Kier molecular flexibility index (Phi) is 5.16. The molecule has 0 aliphatic carbocycles. The fourth-order valence-corrected chi connectivity index (χ4v) is 4.68. The van der Waals surface area contributed by atoms with Gasteiger partial charge in [0.1, 0.15) is 29.3 Å². The van der Waals surface area contributed by atoms with Crippen molar-refractivity contribution in [3.05, 3.63) is 60.9 Å². The van der Waals surface area contributed by atoms with E-state index in [4.69, 9.17) is 20.3 Å². The lowest BCUT2D eigenvalue weighted by Gasteiger charge is -2.40. The van der Waals surface area contributed by atoms with Crippen LogP contribution in [0.3, 0.4) is 0 Å². The van der Waals surface area contributed by atoms with Gasteiger partial charge in [-0.1, -0.05) is 18.2 Å². The molecule has 8 nitrogen and oxygen atoms in total. The third kappa shape index (κ3) is 3.92. The Labute approximate surface area is 192 Å². The smallest absolute Gasteiger partial charge is 0.164 e. The van der Waals surface area contributed by atoms with E-state index in [0.29, 0.717) is 11.9 Å². The molecule has 2 fully saturated rings. The van der Waals surface area contributed by atoms with E-state index in [2.05, 4.69) is 14.9 Å². The van der Waals surface area contributed by atoms with E-state index in [-0.39, 0.29) is 6.04 Å². The first-order valence-corrected chi connectivity index (χ1v) is 11.4. The zero-order valence-corrected chi connectivity index (χ0v) is 18.3. The second kappa shape index (κ2) is 8.46. The molecule has 4 heterocycles. The van der Waals surface area contributed by atoms with Gasteiger partial charge in [-0.15, -0.1) is 0 Å². The van der Waals surface area contributed by atoms with Crippen molar-refractivity contribution in [2.45, 2.75) is 25.0 Å². The number of rotatable bonds is 6. The third-order valence-electron chi connectivity index (χ3n) is 6.39. The van der Waals surface area contributed by atoms with E-state index < -0.39 is 0 Å². The maximum Gasteiger partial charge on any atom is 0.164 e. The maximum atomic E-state index is 6.28. The number of benzene rings is 2. The average Bonchev–Trinajstić information content (AvgIpc) is 3.46. The molecule has 2 aromatic carbocycles. The highest BCUT2D eigenvalue weighted by Gasteiger charge is 2.33. The van der Waals surface area contributed by atoms with Crippen molar-refractivity contribution >= 4 is 16.9 Å². The molecule has 2 N–H and O–H groups in total. The molecule has 2 aliphatic heterocycles. The van der Waals surface area contributed by atoms with Gasteiger partial charge >= 0.3 is 0 Å². The Balaban J connectivity index is 1.25. The van der Waals surface area contributed by atoms with Crippen molar-refractivity contribution in [2.24, 2.45) is 0 Å². The highest BCUT2D eigenvalue weighted by Crippen LogP contribution is 2.35. The average molecular weight is 443 g/mol. The Morgan fingerprint density at radius 1 is 1.00 bits per heavy atom. The van der Waals surface area contributed by atoms with Crippen LogP contribution in [-0.4, -0.2) is 57.0 Å². The van der Waals surface area contributed by atoms with Gasteiger partial charge in [0.05, 0.1) is 17.5 Å². The number of para-hydroxylation sites is 1. The molecule has 8 heteroatoms. The number of hydrogen-bond donors (Lipinski definition) is 1. The summed E-state index contributed by atoms with van der Waals surface area (Å²) in [6.07, 6.45) is 4.20. The molecule has 2 saturated heterocycles. The van der Waals surface area contributed by atoms with E-state index in [9.17, 15) is 0 Å². The summed E-state index contributed by atoms with van der Waals surface area (Å²) in [6, 6.07) is 17.9. The minimum absolute atomic E-state index is 0.262. The minimum Gasteiger partial charge on any atom is -0.457 e. The number of likely N-dealkylation sites (tertiary alicyclic amines) is 1.